The highest BCUT2D eigenvalue weighted by molar-refractivity contribution is 5.91. The summed E-state index contributed by atoms with van der Waals surface area (Å²) in [7, 11) is 2.31. The van der Waals surface area contributed by atoms with Crippen LogP contribution in [0.4, 0.5) is 17.6 Å². The molecule has 0 atom stereocenters. The SMILES string of the molecule is COC(=O)c1cc(-c2cccc(F)c2)ncc1F.COC(=O)c1cc(-c2cccc(F)c2)ncc1F. The van der Waals surface area contributed by atoms with Crippen LogP contribution in [0.3, 0.4) is 0 Å². The highest BCUT2D eigenvalue weighted by Gasteiger charge is 2.15. The van der Waals surface area contributed by atoms with Gasteiger partial charge in [-0.05, 0) is 36.4 Å². The summed E-state index contributed by atoms with van der Waals surface area (Å²) in [6.07, 6.45) is 1.82. The Morgan fingerprint density at radius 3 is 1.36 bits per heavy atom. The van der Waals surface area contributed by atoms with Crippen LogP contribution in [0.2, 0.25) is 0 Å². The summed E-state index contributed by atoms with van der Waals surface area (Å²) in [6.45, 7) is 0. The van der Waals surface area contributed by atoms with Crippen molar-refractivity contribution < 1.29 is 36.6 Å². The van der Waals surface area contributed by atoms with Gasteiger partial charge < -0.3 is 9.47 Å². The Morgan fingerprint density at radius 1 is 0.639 bits per heavy atom. The molecule has 0 bridgehead atoms. The summed E-state index contributed by atoms with van der Waals surface area (Å²) >= 11 is 0. The van der Waals surface area contributed by atoms with Gasteiger partial charge in [0.15, 0.2) is 11.6 Å². The average molecular weight is 498 g/mol. The summed E-state index contributed by atoms with van der Waals surface area (Å²) in [6, 6.07) is 13.8. The molecule has 2 aromatic heterocycles. The number of halogens is 4. The van der Waals surface area contributed by atoms with Gasteiger partial charge in [0.2, 0.25) is 0 Å². The lowest BCUT2D eigenvalue weighted by molar-refractivity contribution is 0.0586. The standard InChI is InChI=1S/2C13H9F2NO2/c2*1-18-13(17)10-6-12(16-7-11(10)15)8-3-2-4-9(14)5-8/h2*2-7H,1H3. The van der Waals surface area contributed by atoms with E-state index in [9.17, 15) is 27.2 Å². The maximum Gasteiger partial charge on any atom is 0.340 e. The van der Waals surface area contributed by atoms with Crippen LogP contribution in [-0.4, -0.2) is 36.1 Å². The minimum atomic E-state index is -0.799. The van der Waals surface area contributed by atoms with Crippen molar-refractivity contribution in [2.75, 3.05) is 14.2 Å². The van der Waals surface area contributed by atoms with E-state index in [1.54, 1.807) is 12.1 Å². The van der Waals surface area contributed by atoms with Gasteiger partial charge in [0, 0.05) is 11.1 Å². The van der Waals surface area contributed by atoms with Gasteiger partial charge >= 0.3 is 11.9 Å². The van der Waals surface area contributed by atoms with Gasteiger partial charge in [-0.25, -0.2) is 27.2 Å². The maximum atomic E-state index is 13.4. The molecule has 0 saturated heterocycles. The monoisotopic (exact) mass is 498 g/mol. The molecule has 4 rings (SSSR count). The molecule has 0 aliphatic rings. The van der Waals surface area contributed by atoms with Crippen LogP contribution < -0.4 is 0 Å². The molecule has 6 nitrogen and oxygen atoms in total. The van der Waals surface area contributed by atoms with Gasteiger partial charge in [-0.15, -0.1) is 0 Å². The van der Waals surface area contributed by atoms with Crippen molar-refractivity contribution in [3.63, 3.8) is 0 Å². The first-order valence-electron chi connectivity index (χ1n) is 10.2. The molecular formula is C26H18F4N2O4. The van der Waals surface area contributed by atoms with Gasteiger partial charge in [0.05, 0.1) is 49.1 Å². The third kappa shape index (κ3) is 6.29. The second kappa shape index (κ2) is 11.7. The van der Waals surface area contributed by atoms with Gasteiger partial charge in [0.1, 0.15) is 11.6 Å². The zero-order valence-electron chi connectivity index (χ0n) is 19.0. The quantitative estimate of drug-likeness (QED) is 0.268. The van der Waals surface area contributed by atoms with Gasteiger partial charge in [-0.3, -0.25) is 9.97 Å². The average Bonchev–Trinajstić information content (AvgIpc) is 2.88. The van der Waals surface area contributed by atoms with E-state index in [4.69, 9.17) is 0 Å². The van der Waals surface area contributed by atoms with Crippen molar-refractivity contribution in [2.45, 2.75) is 0 Å². The fourth-order valence-corrected chi connectivity index (χ4v) is 3.02. The Kier molecular flexibility index (Phi) is 8.45. The molecule has 0 fully saturated rings. The zero-order valence-corrected chi connectivity index (χ0v) is 19.0. The summed E-state index contributed by atoms with van der Waals surface area (Å²) in [5, 5.41) is 0. The van der Waals surface area contributed by atoms with Crippen molar-refractivity contribution in [3.8, 4) is 22.5 Å². The molecule has 0 aliphatic heterocycles. The number of ether oxygens (including phenoxy) is 2. The van der Waals surface area contributed by atoms with Crippen LogP contribution in [0.15, 0.2) is 73.1 Å². The summed E-state index contributed by atoms with van der Waals surface area (Å²) in [5.41, 5.74) is 1.06. The van der Waals surface area contributed by atoms with E-state index in [1.807, 2.05) is 0 Å². The number of carbonyl (C=O) groups is 2. The predicted octanol–water partition coefficient (Wildman–Crippen LogP) is 5.63. The Labute approximate surface area is 203 Å². The fraction of sp³-hybridized carbons (Fsp3) is 0.0769. The number of hydrogen-bond acceptors (Lipinski definition) is 6. The molecule has 0 spiro atoms. The second-order valence-corrected chi connectivity index (χ2v) is 7.10. The first-order chi connectivity index (χ1) is 17.2. The van der Waals surface area contributed by atoms with Crippen molar-refractivity contribution in [3.05, 3.63) is 107 Å². The molecule has 0 radical (unpaired) electrons. The maximum absolute atomic E-state index is 13.4. The smallest absolute Gasteiger partial charge is 0.340 e. The molecule has 36 heavy (non-hydrogen) atoms. The van der Waals surface area contributed by atoms with Crippen LogP contribution in [0, 0.1) is 23.3 Å². The van der Waals surface area contributed by atoms with Crippen molar-refractivity contribution in [1.82, 2.24) is 9.97 Å². The number of hydrogen-bond donors (Lipinski definition) is 0. The number of carbonyl (C=O) groups excluding carboxylic acids is 2. The number of rotatable bonds is 4. The number of nitrogens with zero attached hydrogens (tertiary/aromatic N) is 2. The molecule has 10 heteroatoms. The van der Waals surface area contributed by atoms with E-state index < -0.39 is 35.2 Å². The second-order valence-electron chi connectivity index (χ2n) is 7.10. The molecule has 0 saturated carbocycles. The molecule has 2 aromatic carbocycles. The lowest BCUT2D eigenvalue weighted by Gasteiger charge is -2.05. The molecule has 0 aliphatic carbocycles. The number of aromatic nitrogens is 2. The first kappa shape index (κ1) is 26.0. The lowest BCUT2D eigenvalue weighted by atomic mass is 10.1. The Hall–Kier alpha value is -4.60. The summed E-state index contributed by atoms with van der Waals surface area (Å²) in [5.74, 6) is -4.01. The van der Waals surface area contributed by atoms with Crippen molar-refractivity contribution in [2.24, 2.45) is 0 Å². The number of pyridine rings is 2. The van der Waals surface area contributed by atoms with Gasteiger partial charge in [-0.2, -0.15) is 0 Å². The summed E-state index contributed by atoms with van der Waals surface area (Å²) < 4.78 is 61.8. The highest BCUT2D eigenvalue weighted by atomic mass is 19.1. The van der Waals surface area contributed by atoms with E-state index in [1.165, 1.54) is 48.5 Å². The molecular weight excluding hydrogens is 480 g/mol. The minimum absolute atomic E-state index is 0.230. The van der Waals surface area contributed by atoms with E-state index in [2.05, 4.69) is 19.4 Å². The number of methoxy groups -OCH3 is 2. The lowest BCUT2D eigenvalue weighted by Crippen LogP contribution is -2.05. The molecule has 184 valence electrons. The Bertz CT molecular complexity index is 1310. The van der Waals surface area contributed by atoms with Crippen LogP contribution >= 0.6 is 0 Å². The molecule has 0 unspecified atom stereocenters. The zero-order chi connectivity index (χ0) is 26.2. The van der Waals surface area contributed by atoms with Crippen molar-refractivity contribution in [1.29, 1.82) is 0 Å². The normalized spacial score (nSPS) is 10.2. The van der Waals surface area contributed by atoms with E-state index in [0.29, 0.717) is 22.5 Å². The van der Waals surface area contributed by atoms with E-state index >= 15 is 0 Å². The van der Waals surface area contributed by atoms with Crippen LogP contribution in [0.5, 0.6) is 0 Å². The third-order valence-corrected chi connectivity index (χ3v) is 4.76. The Morgan fingerprint density at radius 2 is 1.03 bits per heavy atom. The Balaban J connectivity index is 0.000000201. The van der Waals surface area contributed by atoms with E-state index in [-0.39, 0.29) is 11.1 Å². The molecule has 2 heterocycles. The van der Waals surface area contributed by atoms with Gasteiger partial charge in [-0.1, -0.05) is 24.3 Å². The summed E-state index contributed by atoms with van der Waals surface area (Å²) in [4.78, 5) is 30.3. The van der Waals surface area contributed by atoms with Crippen LogP contribution in [0.1, 0.15) is 20.7 Å². The fourth-order valence-electron chi connectivity index (χ4n) is 3.02. The first-order valence-corrected chi connectivity index (χ1v) is 10.2. The number of benzene rings is 2. The van der Waals surface area contributed by atoms with Gasteiger partial charge in [0.25, 0.3) is 0 Å². The molecule has 4 aromatic rings. The minimum Gasteiger partial charge on any atom is -0.465 e. The van der Waals surface area contributed by atoms with Crippen LogP contribution in [-0.2, 0) is 9.47 Å². The van der Waals surface area contributed by atoms with Crippen molar-refractivity contribution >= 4 is 11.9 Å². The van der Waals surface area contributed by atoms with E-state index in [0.717, 1.165) is 26.6 Å². The highest BCUT2D eigenvalue weighted by Crippen LogP contribution is 2.22. The molecule has 0 N–H and O–H groups in total. The predicted molar refractivity (Wildman–Crippen MR) is 122 cm³/mol. The topological polar surface area (TPSA) is 78.4 Å². The largest absolute Gasteiger partial charge is 0.465 e. The number of esters is 2. The third-order valence-electron chi connectivity index (χ3n) is 4.76. The van der Waals surface area contributed by atoms with Crippen LogP contribution in [0.25, 0.3) is 22.5 Å². The molecule has 0 amide bonds.